The zero-order valence-corrected chi connectivity index (χ0v) is 9.49. The van der Waals surface area contributed by atoms with E-state index in [0.717, 1.165) is 0 Å². The average molecular weight is 206 g/mol. The van der Waals surface area contributed by atoms with E-state index in [-0.39, 0.29) is 24.9 Å². The van der Waals surface area contributed by atoms with Crippen LogP contribution in [0.2, 0.25) is 0 Å². The van der Waals surface area contributed by atoms with Crippen molar-refractivity contribution >= 4 is 0 Å². The highest BCUT2D eigenvalue weighted by Crippen LogP contribution is 2.13. The molecule has 0 saturated carbocycles. The van der Waals surface area contributed by atoms with Gasteiger partial charge in [-0.15, -0.1) is 0 Å². The Morgan fingerprint density at radius 2 is 1.71 bits per heavy atom. The molecule has 4 heteroatoms. The normalized spacial score (nSPS) is 16.7. The van der Waals surface area contributed by atoms with E-state index in [1.54, 1.807) is 0 Å². The maximum Gasteiger partial charge on any atom is 0.181 e. The molecule has 0 aliphatic rings. The Morgan fingerprint density at radius 1 is 1.14 bits per heavy atom. The Balaban J connectivity index is 4.01. The van der Waals surface area contributed by atoms with E-state index in [1.165, 1.54) is 0 Å². The third-order valence-electron chi connectivity index (χ3n) is 1.64. The van der Waals surface area contributed by atoms with E-state index in [0.29, 0.717) is 6.42 Å². The number of hydrogen-bond donors (Lipinski definition) is 2. The van der Waals surface area contributed by atoms with Gasteiger partial charge in [-0.25, -0.2) is 0 Å². The summed E-state index contributed by atoms with van der Waals surface area (Å²) in [5.41, 5.74) is -0.360. The van der Waals surface area contributed by atoms with Gasteiger partial charge in [0, 0.05) is 0 Å². The molecule has 86 valence electrons. The highest BCUT2D eigenvalue weighted by molar-refractivity contribution is 4.62. The van der Waals surface area contributed by atoms with E-state index in [9.17, 15) is 0 Å². The van der Waals surface area contributed by atoms with Gasteiger partial charge in [0.1, 0.15) is 0 Å². The molecule has 0 aromatic heterocycles. The standard InChI is InChI=1S/C10H22O4/c1-5-8(6-11)13-9(7-12)14-10(2,3)4/h8-9,11-12H,5-7H2,1-4H3. The van der Waals surface area contributed by atoms with Crippen molar-refractivity contribution < 1.29 is 19.7 Å². The summed E-state index contributed by atoms with van der Waals surface area (Å²) in [5.74, 6) is 0. The predicted molar refractivity (Wildman–Crippen MR) is 54.0 cm³/mol. The highest BCUT2D eigenvalue weighted by atomic mass is 16.7. The Labute approximate surface area is 85.8 Å². The third kappa shape index (κ3) is 6.32. The van der Waals surface area contributed by atoms with Crippen molar-refractivity contribution in [1.29, 1.82) is 0 Å². The van der Waals surface area contributed by atoms with E-state index in [1.807, 2.05) is 27.7 Å². The molecule has 0 aliphatic carbocycles. The summed E-state index contributed by atoms with van der Waals surface area (Å²) in [6, 6.07) is 0. The van der Waals surface area contributed by atoms with Crippen LogP contribution in [0, 0.1) is 0 Å². The van der Waals surface area contributed by atoms with Crippen LogP contribution >= 0.6 is 0 Å². The summed E-state index contributed by atoms with van der Waals surface area (Å²) in [6.07, 6.45) is -0.234. The van der Waals surface area contributed by atoms with E-state index < -0.39 is 6.29 Å². The smallest absolute Gasteiger partial charge is 0.181 e. The lowest BCUT2D eigenvalue weighted by molar-refractivity contribution is -0.233. The van der Waals surface area contributed by atoms with Crippen LogP contribution in [0.5, 0.6) is 0 Å². The molecule has 0 amide bonds. The summed E-state index contributed by atoms with van der Waals surface area (Å²) < 4.78 is 10.8. The van der Waals surface area contributed by atoms with Crippen LogP contribution in [0.25, 0.3) is 0 Å². The molecule has 0 aliphatic heterocycles. The fraction of sp³-hybridized carbons (Fsp3) is 1.00. The van der Waals surface area contributed by atoms with Gasteiger partial charge in [-0.05, 0) is 27.2 Å². The lowest BCUT2D eigenvalue weighted by Crippen LogP contribution is -2.35. The first kappa shape index (κ1) is 13.8. The second kappa shape index (κ2) is 6.35. The molecule has 2 unspecified atom stereocenters. The second-order valence-corrected chi connectivity index (χ2v) is 4.19. The van der Waals surface area contributed by atoms with Gasteiger partial charge in [0.05, 0.1) is 24.9 Å². The molecule has 2 atom stereocenters. The molecule has 0 bridgehead atoms. The molecule has 14 heavy (non-hydrogen) atoms. The number of aliphatic hydroxyl groups is 2. The first-order valence-corrected chi connectivity index (χ1v) is 4.98. The Hall–Kier alpha value is -0.160. The van der Waals surface area contributed by atoms with Crippen molar-refractivity contribution in [3.05, 3.63) is 0 Å². The highest BCUT2D eigenvalue weighted by Gasteiger charge is 2.21. The van der Waals surface area contributed by atoms with Crippen LogP contribution in [0.1, 0.15) is 34.1 Å². The maximum atomic E-state index is 9.00. The van der Waals surface area contributed by atoms with Gasteiger partial charge in [0.25, 0.3) is 0 Å². The Morgan fingerprint density at radius 3 is 2.00 bits per heavy atom. The lowest BCUT2D eigenvalue weighted by atomic mass is 10.2. The first-order valence-electron chi connectivity index (χ1n) is 4.98. The third-order valence-corrected chi connectivity index (χ3v) is 1.64. The van der Waals surface area contributed by atoms with Crippen LogP contribution < -0.4 is 0 Å². The summed E-state index contributed by atoms with van der Waals surface area (Å²) in [4.78, 5) is 0. The number of ether oxygens (including phenoxy) is 2. The zero-order valence-electron chi connectivity index (χ0n) is 9.49. The van der Waals surface area contributed by atoms with Crippen LogP contribution in [-0.4, -0.2) is 41.4 Å². The number of rotatable bonds is 6. The number of hydrogen-bond acceptors (Lipinski definition) is 4. The predicted octanol–water partition coefficient (Wildman–Crippen LogP) is 0.907. The zero-order chi connectivity index (χ0) is 11.2. The van der Waals surface area contributed by atoms with Crippen molar-refractivity contribution in [1.82, 2.24) is 0 Å². The molecular formula is C10H22O4. The van der Waals surface area contributed by atoms with E-state index in [4.69, 9.17) is 19.7 Å². The molecule has 4 nitrogen and oxygen atoms in total. The van der Waals surface area contributed by atoms with Crippen LogP contribution in [0.3, 0.4) is 0 Å². The largest absolute Gasteiger partial charge is 0.394 e. The minimum absolute atomic E-state index is 0.0551. The summed E-state index contributed by atoms with van der Waals surface area (Å²) >= 11 is 0. The van der Waals surface area contributed by atoms with Crippen molar-refractivity contribution in [3.8, 4) is 0 Å². The minimum Gasteiger partial charge on any atom is -0.394 e. The Kier molecular flexibility index (Phi) is 6.27. The van der Waals surface area contributed by atoms with Gasteiger partial charge in [-0.1, -0.05) is 6.92 Å². The fourth-order valence-electron chi connectivity index (χ4n) is 0.985. The van der Waals surface area contributed by atoms with E-state index >= 15 is 0 Å². The number of aliphatic hydroxyl groups excluding tert-OH is 2. The SMILES string of the molecule is CCC(CO)OC(CO)OC(C)(C)C. The van der Waals surface area contributed by atoms with Crippen LogP contribution in [-0.2, 0) is 9.47 Å². The summed E-state index contributed by atoms with van der Waals surface area (Å²) in [7, 11) is 0. The van der Waals surface area contributed by atoms with Gasteiger partial charge in [-0.3, -0.25) is 0 Å². The molecule has 0 saturated heterocycles. The molecule has 0 aromatic rings. The first-order chi connectivity index (χ1) is 6.42. The van der Waals surface area contributed by atoms with Crippen LogP contribution in [0.4, 0.5) is 0 Å². The lowest BCUT2D eigenvalue weighted by Gasteiger charge is -2.28. The van der Waals surface area contributed by atoms with Gasteiger partial charge >= 0.3 is 0 Å². The molecular weight excluding hydrogens is 184 g/mol. The second-order valence-electron chi connectivity index (χ2n) is 4.19. The summed E-state index contributed by atoms with van der Waals surface area (Å²) in [5, 5.41) is 17.9. The monoisotopic (exact) mass is 206 g/mol. The van der Waals surface area contributed by atoms with Gasteiger partial charge in [0.2, 0.25) is 0 Å². The van der Waals surface area contributed by atoms with Crippen molar-refractivity contribution in [3.63, 3.8) is 0 Å². The van der Waals surface area contributed by atoms with E-state index in [2.05, 4.69) is 0 Å². The molecule has 2 N–H and O–H groups in total. The van der Waals surface area contributed by atoms with Crippen LogP contribution in [0.15, 0.2) is 0 Å². The molecule has 0 spiro atoms. The maximum absolute atomic E-state index is 9.00. The van der Waals surface area contributed by atoms with Gasteiger partial charge in [-0.2, -0.15) is 0 Å². The van der Waals surface area contributed by atoms with Crippen molar-refractivity contribution in [2.24, 2.45) is 0 Å². The van der Waals surface area contributed by atoms with Crippen molar-refractivity contribution in [2.45, 2.75) is 52.1 Å². The topological polar surface area (TPSA) is 58.9 Å². The minimum atomic E-state index is -0.660. The van der Waals surface area contributed by atoms with Crippen molar-refractivity contribution in [2.75, 3.05) is 13.2 Å². The molecule has 0 fully saturated rings. The molecule has 0 aromatic carbocycles. The summed E-state index contributed by atoms with van der Waals surface area (Å²) in [6.45, 7) is 7.32. The quantitative estimate of drug-likeness (QED) is 0.634. The molecule has 0 heterocycles. The van der Waals surface area contributed by atoms with Gasteiger partial charge < -0.3 is 19.7 Å². The molecule has 0 radical (unpaired) electrons. The Bertz CT molecular complexity index is 138. The fourth-order valence-corrected chi connectivity index (χ4v) is 0.985. The average Bonchev–Trinajstić information content (AvgIpc) is 2.10. The molecule has 0 rings (SSSR count). The van der Waals surface area contributed by atoms with Gasteiger partial charge in [0.15, 0.2) is 6.29 Å².